The van der Waals surface area contributed by atoms with Gasteiger partial charge in [0, 0.05) is 7.11 Å². The van der Waals surface area contributed by atoms with Gasteiger partial charge in [0.25, 0.3) is 0 Å². The zero-order valence-corrected chi connectivity index (χ0v) is 5.51. The Bertz CT molecular complexity index is 50.4. The molecule has 0 heterocycles. The Morgan fingerprint density at radius 1 is 1.50 bits per heavy atom. The Labute approximate surface area is 49.6 Å². The minimum absolute atomic E-state index is 0.000000000000000222. The summed E-state index contributed by atoms with van der Waals surface area (Å²) in [5.74, 6) is 0. The van der Waals surface area contributed by atoms with E-state index in [0.717, 1.165) is 0 Å². The lowest BCUT2D eigenvalue weighted by molar-refractivity contribution is 0.0285. The highest BCUT2D eigenvalue weighted by molar-refractivity contribution is 4.61. The summed E-state index contributed by atoms with van der Waals surface area (Å²) in [5, 5.41) is 8.31. The van der Waals surface area contributed by atoms with Gasteiger partial charge in [0.1, 0.15) is 0 Å². The summed E-state index contributed by atoms with van der Waals surface area (Å²) >= 11 is 0. The number of hydrogen-bond donors (Lipinski definition) is 2. The molecule has 0 aromatic heterocycles. The van der Waals surface area contributed by atoms with Crippen molar-refractivity contribution < 1.29 is 9.94 Å². The molecule has 0 aliphatic rings. The number of methoxy groups -OCH3 is 1. The van der Waals surface area contributed by atoms with Crippen molar-refractivity contribution in [2.45, 2.75) is 26.0 Å². The predicted octanol–water partition coefficient (Wildman–Crippen LogP) is 0.389. The largest absolute Gasteiger partial charge is 0.380 e. The molecule has 0 aromatic carbocycles. The van der Waals surface area contributed by atoms with Crippen LogP contribution in [0.4, 0.5) is 0 Å². The summed E-state index contributed by atoms with van der Waals surface area (Å²) in [7, 11) is 1.61. The summed E-state index contributed by atoms with van der Waals surface area (Å²) in [5.41, 5.74) is 2.09. The van der Waals surface area contributed by atoms with Gasteiger partial charge in [-0.3, -0.25) is 0 Å². The van der Waals surface area contributed by atoms with Crippen LogP contribution in [0.3, 0.4) is 0 Å². The van der Waals surface area contributed by atoms with E-state index in [1.54, 1.807) is 7.11 Å². The monoisotopic (exact) mass is 119 g/mol. The Morgan fingerprint density at radius 3 is 2.12 bits per heavy atom. The molecular weight excluding hydrogens is 106 g/mol. The van der Waals surface area contributed by atoms with Crippen LogP contribution < -0.4 is 5.48 Å². The molecule has 0 fully saturated rings. The van der Waals surface area contributed by atoms with Gasteiger partial charge in [0.2, 0.25) is 0 Å². The van der Waals surface area contributed by atoms with Gasteiger partial charge in [0.05, 0.1) is 12.1 Å². The first-order valence-electron chi connectivity index (χ1n) is 2.64. The molecular formula is C5H13NO2. The van der Waals surface area contributed by atoms with Crippen molar-refractivity contribution in [2.24, 2.45) is 0 Å². The summed E-state index contributed by atoms with van der Waals surface area (Å²) in [6.07, 6.45) is 0.0556. The minimum atomic E-state index is -0.000000000000000222. The molecule has 0 aliphatic heterocycles. The maximum Gasteiger partial charge on any atom is 0.0716 e. The van der Waals surface area contributed by atoms with E-state index >= 15 is 0 Å². The molecule has 0 aliphatic carbocycles. The summed E-state index contributed by atoms with van der Waals surface area (Å²) in [6.45, 7) is 3.72. The van der Waals surface area contributed by atoms with Crippen LogP contribution in [-0.4, -0.2) is 24.5 Å². The van der Waals surface area contributed by atoms with Gasteiger partial charge in [-0.2, -0.15) is 0 Å². The molecule has 0 radical (unpaired) electrons. The number of ether oxygens (including phenoxy) is 1. The summed E-state index contributed by atoms with van der Waals surface area (Å²) < 4.78 is 4.88. The fraction of sp³-hybridized carbons (Fsp3) is 1.00. The van der Waals surface area contributed by atoms with Crippen LogP contribution in [0.2, 0.25) is 0 Å². The normalized spacial score (nSPS) is 18.0. The van der Waals surface area contributed by atoms with Crippen molar-refractivity contribution in [2.75, 3.05) is 7.11 Å². The molecule has 50 valence electrons. The first-order chi connectivity index (χ1) is 3.72. The Balaban J connectivity index is 3.29. The zero-order chi connectivity index (χ0) is 6.57. The van der Waals surface area contributed by atoms with Crippen molar-refractivity contribution in [3.8, 4) is 0 Å². The summed E-state index contributed by atoms with van der Waals surface area (Å²) in [6, 6.07) is -0.000000000000000222. The second-order valence-corrected chi connectivity index (χ2v) is 1.86. The van der Waals surface area contributed by atoms with Crippen LogP contribution in [-0.2, 0) is 4.74 Å². The molecule has 0 saturated heterocycles. The van der Waals surface area contributed by atoms with E-state index in [2.05, 4.69) is 5.48 Å². The second kappa shape index (κ2) is 3.83. The fourth-order valence-corrected chi connectivity index (χ4v) is 0.309. The first-order valence-corrected chi connectivity index (χ1v) is 2.64. The van der Waals surface area contributed by atoms with Crippen LogP contribution in [0, 0.1) is 0 Å². The molecule has 3 heteroatoms. The first kappa shape index (κ1) is 7.88. The Hall–Kier alpha value is -0.120. The molecule has 0 spiro atoms. The van der Waals surface area contributed by atoms with Crippen molar-refractivity contribution in [1.29, 1.82) is 0 Å². The standard InChI is InChI=1S/C5H13NO2/c1-4(6-7)5(2)8-3/h4-7H,1-3H3. The van der Waals surface area contributed by atoms with Gasteiger partial charge in [-0.05, 0) is 13.8 Å². The van der Waals surface area contributed by atoms with Crippen molar-refractivity contribution in [3.63, 3.8) is 0 Å². The van der Waals surface area contributed by atoms with Crippen molar-refractivity contribution in [1.82, 2.24) is 5.48 Å². The lowest BCUT2D eigenvalue weighted by atomic mass is 10.2. The van der Waals surface area contributed by atoms with E-state index in [1.807, 2.05) is 13.8 Å². The highest BCUT2D eigenvalue weighted by atomic mass is 16.5. The van der Waals surface area contributed by atoms with Crippen LogP contribution in [0.1, 0.15) is 13.8 Å². The van der Waals surface area contributed by atoms with Gasteiger partial charge in [-0.15, -0.1) is 0 Å². The lowest BCUT2D eigenvalue weighted by Crippen LogP contribution is -2.34. The van der Waals surface area contributed by atoms with E-state index in [-0.39, 0.29) is 12.1 Å². The summed E-state index contributed by atoms with van der Waals surface area (Å²) in [4.78, 5) is 0. The van der Waals surface area contributed by atoms with E-state index in [9.17, 15) is 0 Å². The molecule has 3 nitrogen and oxygen atoms in total. The highest BCUT2D eigenvalue weighted by Crippen LogP contribution is 1.92. The third kappa shape index (κ3) is 2.26. The molecule has 0 saturated carbocycles. The fourth-order valence-electron chi connectivity index (χ4n) is 0.309. The number of rotatable bonds is 3. The smallest absolute Gasteiger partial charge is 0.0716 e. The van der Waals surface area contributed by atoms with Crippen LogP contribution in [0.5, 0.6) is 0 Å². The van der Waals surface area contributed by atoms with E-state index in [4.69, 9.17) is 9.94 Å². The maximum absolute atomic E-state index is 8.31. The molecule has 0 rings (SSSR count). The van der Waals surface area contributed by atoms with Crippen LogP contribution in [0.15, 0.2) is 0 Å². The van der Waals surface area contributed by atoms with Gasteiger partial charge < -0.3 is 9.94 Å². The van der Waals surface area contributed by atoms with E-state index in [0.29, 0.717) is 0 Å². The Morgan fingerprint density at radius 2 is 2.00 bits per heavy atom. The quantitative estimate of drug-likeness (QED) is 0.528. The zero-order valence-electron chi connectivity index (χ0n) is 5.51. The minimum Gasteiger partial charge on any atom is -0.380 e. The second-order valence-electron chi connectivity index (χ2n) is 1.86. The number of hydroxylamine groups is 1. The maximum atomic E-state index is 8.31. The molecule has 2 unspecified atom stereocenters. The third-order valence-corrected chi connectivity index (χ3v) is 1.28. The van der Waals surface area contributed by atoms with Gasteiger partial charge in [0.15, 0.2) is 0 Å². The van der Waals surface area contributed by atoms with E-state index < -0.39 is 0 Å². The molecule has 0 amide bonds. The molecule has 0 aromatic rings. The average molecular weight is 119 g/mol. The molecule has 2 N–H and O–H groups in total. The van der Waals surface area contributed by atoms with Crippen LogP contribution in [0.25, 0.3) is 0 Å². The molecule has 8 heavy (non-hydrogen) atoms. The Kier molecular flexibility index (Phi) is 3.77. The van der Waals surface area contributed by atoms with Crippen LogP contribution >= 0.6 is 0 Å². The molecule has 0 bridgehead atoms. The van der Waals surface area contributed by atoms with Gasteiger partial charge in [-0.1, -0.05) is 0 Å². The topological polar surface area (TPSA) is 41.5 Å². The van der Waals surface area contributed by atoms with Gasteiger partial charge >= 0.3 is 0 Å². The lowest BCUT2D eigenvalue weighted by Gasteiger charge is -2.15. The van der Waals surface area contributed by atoms with Gasteiger partial charge in [-0.25, -0.2) is 5.48 Å². The van der Waals surface area contributed by atoms with Crippen molar-refractivity contribution in [3.05, 3.63) is 0 Å². The predicted molar refractivity (Wildman–Crippen MR) is 30.9 cm³/mol. The number of nitrogens with one attached hydrogen (secondary N) is 1. The average Bonchev–Trinajstić information content (AvgIpc) is 1.84. The number of hydrogen-bond acceptors (Lipinski definition) is 3. The third-order valence-electron chi connectivity index (χ3n) is 1.28. The van der Waals surface area contributed by atoms with E-state index in [1.165, 1.54) is 0 Å². The van der Waals surface area contributed by atoms with Crippen molar-refractivity contribution >= 4 is 0 Å². The molecule has 2 atom stereocenters. The SMILES string of the molecule is COC(C)C(C)NO. The highest BCUT2D eigenvalue weighted by Gasteiger charge is 2.07.